The van der Waals surface area contributed by atoms with Gasteiger partial charge in [0.25, 0.3) is 0 Å². The maximum absolute atomic E-state index is 11.6. The minimum atomic E-state index is -0.754. The Balaban J connectivity index is 1.92. The van der Waals surface area contributed by atoms with Gasteiger partial charge in [-0.1, -0.05) is 6.92 Å². The van der Waals surface area contributed by atoms with Gasteiger partial charge in [-0.05, 0) is 39.0 Å². The van der Waals surface area contributed by atoms with Crippen LogP contribution in [0.4, 0.5) is 0 Å². The number of imidazole rings is 1. The van der Waals surface area contributed by atoms with Gasteiger partial charge in [0, 0.05) is 25.0 Å². The highest BCUT2D eigenvalue weighted by Gasteiger charge is 2.40. The normalized spacial score (nSPS) is 18.2. The molecule has 1 aromatic rings. The van der Waals surface area contributed by atoms with Crippen LogP contribution in [0, 0.1) is 6.92 Å². The third-order valence-corrected chi connectivity index (χ3v) is 4.00. The van der Waals surface area contributed by atoms with Crippen molar-refractivity contribution in [1.82, 2.24) is 14.9 Å². The summed E-state index contributed by atoms with van der Waals surface area (Å²) in [5, 5.41) is 12.9. The van der Waals surface area contributed by atoms with E-state index in [1.807, 2.05) is 20.0 Å². The van der Waals surface area contributed by atoms with Crippen molar-refractivity contribution < 1.29 is 9.90 Å². The highest BCUT2D eigenvalue weighted by Crippen LogP contribution is 2.27. The molecule has 5 nitrogen and oxygen atoms in total. The lowest BCUT2D eigenvalue weighted by atomic mass is 9.90. The van der Waals surface area contributed by atoms with E-state index < -0.39 is 11.5 Å². The molecule has 0 amide bonds. The van der Waals surface area contributed by atoms with E-state index in [1.165, 1.54) is 0 Å². The zero-order valence-electron chi connectivity index (χ0n) is 11.7. The highest BCUT2D eigenvalue weighted by molar-refractivity contribution is 5.78. The smallest absolute Gasteiger partial charge is 0.323 e. The lowest BCUT2D eigenvalue weighted by molar-refractivity contribution is -0.145. The summed E-state index contributed by atoms with van der Waals surface area (Å²) < 4.78 is 2.07. The van der Waals surface area contributed by atoms with E-state index in [1.54, 1.807) is 6.20 Å². The molecule has 2 N–H and O–H groups in total. The quantitative estimate of drug-likeness (QED) is 0.754. The Bertz CT molecular complexity index is 440. The second-order valence-electron chi connectivity index (χ2n) is 5.43. The van der Waals surface area contributed by atoms with Crippen molar-refractivity contribution in [3.05, 3.63) is 18.2 Å². The Morgan fingerprint density at radius 1 is 1.63 bits per heavy atom. The summed E-state index contributed by atoms with van der Waals surface area (Å²) in [6.07, 6.45) is 8.07. The van der Waals surface area contributed by atoms with Crippen molar-refractivity contribution in [3.63, 3.8) is 0 Å². The van der Waals surface area contributed by atoms with Crippen molar-refractivity contribution in [1.29, 1.82) is 0 Å². The fourth-order valence-corrected chi connectivity index (χ4v) is 2.48. The summed E-state index contributed by atoms with van der Waals surface area (Å²) in [6, 6.07) is 0.408. The minimum Gasteiger partial charge on any atom is -0.480 e. The van der Waals surface area contributed by atoms with Crippen molar-refractivity contribution in [2.75, 3.05) is 0 Å². The van der Waals surface area contributed by atoms with Crippen LogP contribution in [0.5, 0.6) is 0 Å². The molecule has 19 heavy (non-hydrogen) atoms. The van der Waals surface area contributed by atoms with Crippen molar-refractivity contribution >= 4 is 5.97 Å². The second-order valence-corrected chi connectivity index (χ2v) is 5.43. The molecule has 1 aliphatic carbocycles. The molecule has 0 radical (unpaired) electrons. The number of aromatic nitrogens is 2. The predicted molar refractivity (Wildman–Crippen MR) is 73.0 cm³/mol. The van der Waals surface area contributed by atoms with Gasteiger partial charge >= 0.3 is 5.97 Å². The van der Waals surface area contributed by atoms with Crippen LogP contribution in [0.25, 0.3) is 0 Å². The maximum atomic E-state index is 11.6. The molecule has 106 valence electrons. The molecule has 1 unspecified atom stereocenters. The topological polar surface area (TPSA) is 67.2 Å². The molecule has 1 atom stereocenters. The third-order valence-electron chi connectivity index (χ3n) is 4.00. The van der Waals surface area contributed by atoms with E-state index in [9.17, 15) is 9.90 Å². The van der Waals surface area contributed by atoms with Crippen LogP contribution in [0.3, 0.4) is 0 Å². The van der Waals surface area contributed by atoms with Crippen LogP contribution < -0.4 is 5.32 Å². The summed E-state index contributed by atoms with van der Waals surface area (Å²) in [5.74, 6) is 0.261. The van der Waals surface area contributed by atoms with Crippen molar-refractivity contribution in [3.8, 4) is 0 Å². The van der Waals surface area contributed by atoms with Gasteiger partial charge in [-0.2, -0.15) is 0 Å². The van der Waals surface area contributed by atoms with Gasteiger partial charge in [-0.3, -0.25) is 10.1 Å². The Labute approximate surface area is 114 Å². The first-order chi connectivity index (χ1) is 9.07. The van der Waals surface area contributed by atoms with Gasteiger partial charge in [-0.25, -0.2) is 4.98 Å². The van der Waals surface area contributed by atoms with Gasteiger partial charge < -0.3 is 9.67 Å². The molecule has 1 heterocycles. The minimum absolute atomic E-state index is 0.408. The molecular weight excluding hydrogens is 242 g/mol. The largest absolute Gasteiger partial charge is 0.480 e. The van der Waals surface area contributed by atoms with Crippen LogP contribution in [-0.4, -0.2) is 32.2 Å². The molecule has 0 saturated heterocycles. The van der Waals surface area contributed by atoms with Crippen LogP contribution in [0.15, 0.2) is 12.4 Å². The number of rotatable bonds is 8. The first-order valence-corrected chi connectivity index (χ1v) is 7.06. The number of hydrogen-bond donors (Lipinski definition) is 2. The monoisotopic (exact) mass is 265 g/mol. The summed E-state index contributed by atoms with van der Waals surface area (Å²) in [7, 11) is 0. The second kappa shape index (κ2) is 5.74. The van der Waals surface area contributed by atoms with E-state index in [0.29, 0.717) is 18.9 Å². The summed E-state index contributed by atoms with van der Waals surface area (Å²) >= 11 is 0. The van der Waals surface area contributed by atoms with Crippen LogP contribution >= 0.6 is 0 Å². The molecule has 1 fully saturated rings. The fourth-order valence-electron chi connectivity index (χ4n) is 2.48. The average molecular weight is 265 g/mol. The maximum Gasteiger partial charge on any atom is 0.323 e. The Kier molecular flexibility index (Phi) is 4.24. The molecule has 0 spiro atoms. The lowest BCUT2D eigenvalue weighted by Gasteiger charge is -2.30. The van der Waals surface area contributed by atoms with Crippen LogP contribution in [-0.2, 0) is 11.3 Å². The molecule has 0 aromatic carbocycles. The van der Waals surface area contributed by atoms with E-state index in [0.717, 1.165) is 31.6 Å². The molecule has 1 aliphatic rings. The first kappa shape index (κ1) is 14.1. The number of aliphatic carboxylic acids is 1. The van der Waals surface area contributed by atoms with E-state index in [-0.39, 0.29) is 0 Å². The van der Waals surface area contributed by atoms with Gasteiger partial charge in [0.2, 0.25) is 0 Å². The van der Waals surface area contributed by atoms with E-state index in [4.69, 9.17) is 0 Å². The SMILES string of the molecule is CCC(CCCn1ccnc1C)(NC1CC1)C(=O)O. The standard InChI is InChI=1S/C14H23N3O2/c1-3-14(13(18)19,16-12-5-6-12)7-4-9-17-10-8-15-11(17)2/h8,10,12,16H,3-7,9H2,1-2H3,(H,18,19). The summed E-state index contributed by atoms with van der Waals surface area (Å²) in [5.41, 5.74) is -0.754. The molecular formula is C14H23N3O2. The molecule has 0 aliphatic heterocycles. The van der Waals surface area contributed by atoms with Crippen molar-refractivity contribution in [2.45, 2.75) is 64.1 Å². The van der Waals surface area contributed by atoms with Crippen LogP contribution in [0.2, 0.25) is 0 Å². The Hall–Kier alpha value is -1.36. The van der Waals surface area contributed by atoms with Gasteiger partial charge in [0.05, 0.1) is 0 Å². The van der Waals surface area contributed by atoms with Gasteiger partial charge in [0.15, 0.2) is 0 Å². The number of nitrogens with one attached hydrogen (secondary N) is 1. The molecule has 0 bridgehead atoms. The molecule has 1 aromatic heterocycles. The Morgan fingerprint density at radius 2 is 2.37 bits per heavy atom. The van der Waals surface area contributed by atoms with Crippen LogP contribution in [0.1, 0.15) is 44.9 Å². The fraction of sp³-hybridized carbons (Fsp3) is 0.714. The van der Waals surface area contributed by atoms with Gasteiger partial charge in [0.1, 0.15) is 11.4 Å². The number of nitrogens with zero attached hydrogens (tertiary/aromatic N) is 2. The number of hydrogen-bond acceptors (Lipinski definition) is 3. The molecule has 1 saturated carbocycles. The number of carboxylic acids is 1. The zero-order chi connectivity index (χ0) is 13.9. The number of carboxylic acid groups (broad SMARTS) is 1. The van der Waals surface area contributed by atoms with E-state index >= 15 is 0 Å². The third kappa shape index (κ3) is 3.35. The summed E-state index contributed by atoms with van der Waals surface area (Å²) in [4.78, 5) is 15.8. The number of aryl methyl sites for hydroxylation is 2. The molecule has 2 rings (SSSR count). The Morgan fingerprint density at radius 3 is 2.84 bits per heavy atom. The highest BCUT2D eigenvalue weighted by atomic mass is 16.4. The molecule has 5 heteroatoms. The van der Waals surface area contributed by atoms with Crippen molar-refractivity contribution in [2.24, 2.45) is 0 Å². The zero-order valence-corrected chi connectivity index (χ0v) is 11.7. The average Bonchev–Trinajstić information content (AvgIpc) is 3.10. The summed E-state index contributed by atoms with van der Waals surface area (Å²) in [6.45, 7) is 4.74. The lowest BCUT2D eigenvalue weighted by Crippen LogP contribution is -2.52. The predicted octanol–water partition coefficient (Wildman–Crippen LogP) is 1.96. The number of carbonyl (C=O) groups is 1. The van der Waals surface area contributed by atoms with E-state index in [2.05, 4.69) is 14.9 Å². The van der Waals surface area contributed by atoms with Gasteiger partial charge in [-0.15, -0.1) is 0 Å². The first-order valence-electron chi connectivity index (χ1n) is 7.06.